The van der Waals surface area contributed by atoms with Gasteiger partial charge in [-0.25, -0.2) is 4.79 Å². The van der Waals surface area contributed by atoms with Gasteiger partial charge in [0.05, 0.1) is 6.54 Å². The summed E-state index contributed by atoms with van der Waals surface area (Å²) in [6.07, 6.45) is 1.52. The number of rotatable bonds is 4. The molecule has 0 fully saturated rings. The summed E-state index contributed by atoms with van der Waals surface area (Å²) < 4.78 is 7.92. The average Bonchev–Trinajstić information content (AvgIpc) is 2.56. The van der Waals surface area contributed by atoms with E-state index in [0.29, 0.717) is 12.2 Å². The Hall–Kier alpha value is -2.94. The zero-order chi connectivity index (χ0) is 16.8. The number of hydrogen-bond acceptors (Lipinski definition) is 4. The molecule has 0 radical (unpaired) electrons. The van der Waals surface area contributed by atoms with E-state index < -0.39 is 0 Å². The Morgan fingerprint density at radius 2 is 1.83 bits per heavy atom. The molecule has 0 aliphatic carbocycles. The van der Waals surface area contributed by atoms with E-state index in [1.165, 1.54) is 17.8 Å². The highest BCUT2D eigenvalue weighted by Crippen LogP contribution is 2.07. The van der Waals surface area contributed by atoms with Crippen LogP contribution in [0.2, 0.25) is 0 Å². The topological polar surface area (TPSA) is 56.5 Å². The Balaban J connectivity index is 1.98. The maximum absolute atomic E-state index is 12.1. The first-order valence-corrected chi connectivity index (χ1v) is 7.12. The lowest BCUT2D eigenvalue weighted by molar-refractivity contribution is 0.370. The van der Waals surface area contributed by atoms with Crippen molar-refractivity contribution in [1.82, 2.24) is 9.13 Å². The molecule has 0 unspecified atom stereocenters. The van der Waals surface area contributed by atoms with Crippen molar-refractivity contribution in [3.63, 3.8) is 0 Å². The molecular formula is C17H19N3O3. The number of aryl methyl sites for hydroxylation is 1. The summed E-state index contributed by atoms with van der Waals surface area (Å²) in [7, 11) is 4.83. The second-order valence-electron chi connectivity index (χ2n) is 5.08. The van der Waals surface area contributed by atoms with E-state index in [4.69, 9.17) is 4.74 Å². The van der Waals surface area contributed by atoms with Crippen LogP contribution in [0.15, 0.2) is 46.1 Å². The molecule has 1 heterocycles. The molecule has 0 atom stereocenters. The molecule has 0 spiro atoms. The molecule has 0 N–H and O–H groups in total. The molecule has 0 saturated carbocycles. The highest BCUT2D eigenvalue weighted by Gasteiger charge is 2.09. The molecule has 2 aromatic rings. The summed E-state index contributed by atoms with van der Waals surface area (Å²) in [4.78, 5) is 25.5. The van der Waals surface area contributed by atoms with Crippen LogP contribution in [0, 0.1) is 11.8 Å². The molecule has 0 bridgehead atoms. The summed E-state index contributed by atoms with van der Waals surface area (Å²) in [5.74, 6) is 6.62. The first kappa shape index (κ1) is 16.4. The summed E-state index contributed by atoms with van der Waals surface area (Å²) in [6, 6.07) is 9.43. The lowest BCUT2D eigenvalue weighted by atomic mass is 10.3. The summed E-state index contributed by atoms with van der Waals surface area (Å²) >= 11 is 0. The second-order valence-corrected chi connectivity index (χ2v) is 5.08. The molecule has 0 aliphatic rings. The predicted octanol–water partition coefficient (Wildman–Crippen LogP) is 0.603. The van der Waals surface area contributed by atoms with Gasteiger partial charge in [0.25, 0.3) is 5.56 Å². The average molecular weight is 313 g/mol. The van der Waals surface area contributed by atoms with Gasteiger partial charge < -0.3 is 14.2 Å². The van der Waals surface area contributed by atoms with Gasteiger partial charge in [-0.1, -0.05) is 30.0 Å². The minimum Gasteiger partial charge on any atom is -0.481 e. The van der Waals surface area contributed by atoms with Crippen LogP contribution in [0.25, 0.3) is 0 Å². The van der Waals surface area contributed by atoms with E-state index in [-0.39, 0.29) is 17.9 Å². The zero-order valence-corrected chi connectivity index (χ0v) is 13.4. The van der Waals surface area contributed by atoms with Gasteiger partial charge in [-0.15, -0.1) is 0 Å². The molecule has 0 saturated heterocycles. The molecule has 1 aromatic carbocycles. The number of nitrogens with zero attached hydrogens (tertiary/aromatic N) is 3. The molecule has 23 heavy (non-hydrogen) atoms. The van der Waals surface area contributed by atoms with Gasteiger partial charge in [-0.2, -0.15) is 0 Å². The zero-order valence-electron chi connectivity index (χ0n) is 13.4. The first-order chi connectivity index (χ1) is 11.0. The molecule has 120 valence electrons. The van der Waals surface area contributed by atoms with Crippen LogP contribution >= 0.6 is 0 Å². The number of ether oxygens (including phenoxy) is 1. The molecule has 0 aliphatic heterocycles. The van der Waals surface area contributed by atoms with Crippen molar-refractivity contribution >= 4 is 5.69 Å². The predicted molar refractivity (Wildman–Crippen MR) is 89.9 cm³/mol. The highest BCUT2D eigenvalue weighted by atomic mass is 16.5. The van der Waals surface area contributed by atoms with Gasteiger partial charge >= 0.3 is 5.69 Å². The lowest BCUT2D eigenvalue weighted by Gasteiger charge is -2.16. The van der Waals surface area contributed by atoms with Crippen LogP contribution in [-0.4, -0.2) is 29.3 Å². The fraction of sp³-hybridized carbons (Fsp3) is 0.294. The molecule has 1 aromatic heterocycles. The van der Waals surface area contributed by atoms with Crippen molar-refractivity contribution in [1.29, 1.82) is 0 Å². The van der Waals surface area contributed by atoms with Crippen molar-refractivity contribution in [2.75, 3.05) is 25.1 Å². The Morgan fingerprint density at radius 3 is 2.52 bits per heavy atom. The monoisotopic (exact) mass is 313 g/mol. The van der Waals surface area contributed by atoms with E-state index in [2.05, 4.69) is 11.8 Å². The normalized spacial score (nSPS) is 9.87. The van der Waals surface area contributed by atoms with Crippen molar-refractivity contribution in [2.45, 2.75) is 0 Å². The summed E-state index contributed by atoms with van der Waals surface area (Å²) in [6.45, 7) is 0.648. The molecule has 2 rings (SSSR count). The number of benzene rings is 1. The smallest absolute Gasteiger partial charge is 0.330 e. The fourth-order valence-corrected chi connectivity index (χ4v) is 2.00. The quantitative estimate of drug-likeness (QED) is 0.776. The third-order valence-corrected chi connectivity index (χ3v) is 3.34. The third-order valence-electron chi connectivity index (χ3n) is 3.34. The van der Waals surface area contributed by atoms with Crippen molar-refractivity contribution in [3.05, 3.63) is 57.4 Å². The van der Waals surface area contributed by atoms with Crippen LogP contribution in [0.5, 0.6) is 5.75 Å². The minimum atomic E-state index is -0.352. The highest BCUT2D eigenvalue weighted by molar-refractivity contribution is 5.42. The largest absolute Gasteiger partial charge is 0.481 e. The van der Waals surface area contributed by atoms with Crippen molar-refractivity contribution < 1.29 is 4.74 Å². The number of para-hydroxylation sites is 1. The second kappa shape index (κ2) is 7.36. The van der Waals surface area contributed by atoms with Crippen LogP contribution < -0.4 is 20.9 Å². The number of aromatic nitrogens is 2. The van der Waals surface area contributed by atoms with E-state index in [1.807, 2.05) is 30.3 Å². The van der Waals surface area contributed by atoms with E-state index in [9.17, 15) is 9.59 Å². The van der Waals surface area contributed by atoms with Crippen LogP contribution in [0.4, 0.5) is 5.69 Å². The molecule has 6 heteroatoms. The number of anilines is 1. The Labute approximate surface area is 134 Å². The summed E-state index contributed by atoms with van der Waals surface area (Å²) in [5.41, 5.74) is -0.264. The molecule has 0 amide bonds. The van der Waals surface area contributed by atoms with E-state index >= 15 is 0 Å². The Kier molecular flexibility index (Phi) is 5.26. The fourth-order valence-electron chi connectivity index (χ4n) is 2.00. The summed E-state index contributed by atoms with van der Waals surface area (Å²) in [5, 5.41) is 0. The van der Waals surface area contributed by atoms with E-state index in [1.54, 1.807) is 19.0 Å². The SMILES string of the molecule is CN(CC#CCOc1ccccc1)c1cn(C)c(=O)n(C)c1=O. The molecular weight excluding hydrogens is 294 g/mol. The maximum atomic E-state index is 12.1. The van der Waals surface area contributed by atoms with Crippen LogP contribution in [-0.2, 0) is 14.1 Å². The first-order valence-electron chi connectivity index (χ1n) is 7.12. The van der Waals surface area contributed by atoms with Gasteiger partial charge in [0.2, 0.25) is 0 Å². The van der Waals surface area contributed by atoms with Crippen LogP contribution in [0.3, 0.4) is 0 Å². The Morgan fingerprint density at radius 1 is 1.13 bits per heavy atom. The minimum absolute atomic E-state index is 0.281. The van der Waals surface area contributed by atoms with Crippen molar-refractivity contribution in [3.8, 4) is 17.6 Å². The standard InChI is InChI=1S/C17H19N3O3/c1-18(15-13-19(2)17(22)20(3)16(15)21)11-7-8-12-23-14-9-5-4-6-10-14/h4-6,9-10,13H,11-12H2,1-3H3. The van der Waals surface area contributed by atoms with Crippen molar-refractivity contribution in [2.24, 2.45) is 14.1 Å². The lowest BCUT2D eigenvalue weighted by Crippen LogP contribution is -2.40. The maximum Gasteiger partial charge on any atom is 0.330 e. The Bertz CT molecular complexity index is 841. The van der Waals surface area contributed by atoms with Crippen LogP contribution in [0.1, 0.15) is 0 Å². The van der Waals surface area contributed by atoms with Gasteiger partial charge in [0.1, 0.15) is 18.0 Å². The van der Waals surface area contributed by atoms with Gasteiger partial charge in [0, 0.05) is 27.3 Å². The third kappa shape index (κ3) is 4.04. The van der Waals surface area contributed by atoms with E-state index in [0.717, 1.165) is 10.3 Å². The molecule has 6 nitrogen and oxygen atoms in total. The van der Waals surface area contributed by atoms with Gasteiger partial charge in [0.15, 0.2) is 0 Å². The van der Waals surface area contributed by atoms with Gasteiger partial charge in [-0.05, 0) is 12.1 Å². The number of hydrogen-bond donors (Lipinski definition) is 0. The van der Waals surface area contributed by atoms with Gasteiger partial charge in [-0.3, -0.25) is 9.36 Å².